The number of aromatic nitrogens is 1. The Morgan fingerprint density at radius 2 is 1.68 bits per heavy atom. The fourth-order valence-corrected chi connectivity index (χ4v) is 4.48. The zero-order valence-electron chi connectivity index (χ0n) is 20.2. The van der Waals surface area contributed by atoms with Crippen molar-refractivity contribution < 1.29 is 18.0 Å². The largest absolute Gasteiger partial charge is 0.416 e. The van der Waals surface area contributed by atoms with Crippen LogP contribution in [-0.2, 0) is 18.1 Å². The first-order chi connectivity index (χ1) is 17.6. The number of urea groups is 1. The molecule has 0 aliphatic carbocycles. The summed E-state index contributed by atoms with van der Waals surface area (Å²) in [7, 11) is 0. The van der Waals surface area contributed by atoms with Crippen LogP contribution < -0.4 is 10.6 Å². The van der Waals surface area contributed by atoms with E-state index in [0.717, 1.165) is 23.3 Å². The van der Waals surface area contributed by atoms with Crippen molar-refractivity contribution >= 4 is 23.3 Å². The van der Waals surface area contributed by atoms with Crippen LogP contribution in [0.2, 0.25) is 5.02 Å². The predicted octanol–water partition coefficient (Wildman–Crippen LogP) is 7.68. The Bertz CT molecular complexity index is 1390. The Hall–Kier alpha value is -3.84. The van der Waals surface area contributed by atoms with E-state index in [0.29, 0.717) is 22.0 Å². The molecule has 0 radical (unpaired) electrons. The Labute approximate surface area is 218 Å². The van der Waals surface area contributed by atoms with Crippen molar-refractivity contribution in [3.63, 3.8) is 0 Å². The molecule has 1 aromatic heterocycles. The Balaban J connectivity index is 1.92. The monoisotopic (exact) mass is 523 g/mol. The van der Waals surface area contributed by atoms with Crippen molar-refractivity contribution in [2.75, 3.05) is 5.32 Å². The van der Waals surface area contributed by atoms with Crippen LogP contribution >= 0.6 is 11.6 Å². The number of benzene rings is 3. The second-order valence-electron chi connectivity index (χ2n) is 8.91. The van der Waals surface area contributed by atoms with Crippen LogP contribution in [0.4, 0.5) is 23.7 Å². The van der Waals surface area contributed by atoms with Crippen molar-refractivity contribution in [3.8, 4) is 0 Å². The summed E-state index contributed by atoms with van der Waals surface area (Å²) in [4.78, 5) is 17.9. The fourth-order valence-electron chi connectivity index (χ4n) is 4.37. The molecule has 3 aromatic carbocycles. The topological polar surface area (TPSA) is 54.0 Å². The lowest BCUT2D eigenvalue weighted by molar-refractivity contribution is -0.137. The number of carbonyl (C=O) groups is 1. The lowest BCUT2D eigenvalue weighted by Crippen LogP contribution is -2.51. The number of hydrogen-bond acceptors (Lipinski definition) is 2. The average Bonchev–Trinajstić information content (AvgIpc) is 2.84. The lowest BCUT2D eigenvalue weighted by Gasteiger charge is -2.37. The van der Waals surface area contributed by atoms with Gasteiger partial charge in [-0.1, -0.05) is 60.1 Å². The first-order valence-corrected chi connectivity index (χ1v) is 11.9. The van der Waals surface area contributed by atoms with Crippen LogP contribution in [0.25, 0.3) is 0 Å². The zero-order chi connectivity index (χ0) is 26.6. The Kier molecular flexibility index (Phi) is 7.55. The van der Waals surface area contributed by atoms with E-state index in [1.807, 2.05) is 43.3 Å². The minimum Gasteiger partial charge on any atom is -0.322 e. The van der Waals surface area contributed by atoms with Crippen LogP contribution in [-0.4, -0.2) is 11.0 Å². The number of alkyl halides is 3. The highest BCUT2D eigenvalue weighted by atomic mass is 35.5. The molecular formula is C29H25ClF3N3O. The van der Waals surface area contributed by atoms with Gasteiger partial charge >= 0.3 is 12.2 Å². The number of hydrogen-bond donors (Lipinski definition) is 2. The maximum absolute atomic E-state index is 13.8. The van der Waals surface area contributed by atoms with Gasteiger partial charge in [-0.25, -0.2) is 4.79 Å². The molecule has 2 N–H and O–H groups in total. The summed E-state index contributed by atoms with van der Waals surface area (Å²) in [6.45, 7) is 3.61. The third-order valence-electron chi connectivity index (χ3n) is 6.10. The van der Waals surface area contributed by atoms with Gasteiger partial charge in [0.15, 0.2) is 0 Å². The maximum Gasteiger partial charge on any atom is 0.416 e. The van der Waals surface area contributed by atoms with Gasteiger partial charge in [-0.2, -0.15) is 13.2 Å². The molecule has 1 heterocycles. The van der Waals surface area contributed by atoms with Gasteiger partial charge in [0.05, 0.1) is 16.3 Å². The van der Waals surface area contributed by atoms with Crippen molar-refractivity contribution in [2.24, 2.45) is 0 Å². The lowest BCUT2D eigenvalue weighted by atomic mass is 9.78. The smallest absolute Gasteiger partial charge is 0.322 e. The van der Waals surface area contributed by atoms with E-state index in [-0.39, 0.29) is 12.0 Å². The number of amides is 2. The molecule has 190 valence electrons. The second-order valence-corrected chi connectivity index (χ2v) is 9.34. The van der Waals surface area contributed by atoms with E-state index >= 15 is 0 Å². The predicted molar refractivity (Wildman–Crippen MR) is 140 cm³/mol. The molecule has 4 rings (SSSR count). The summed E-state index contributed by atoms with van der Waals surface area (Å²) in [5.74, 6) is 0. The molecule has 0 spiro atoms. The normalized spacial score (nSPS) is 13.0. The summed E-state index contributed by atoms with van der Waals surface area (Å²) >= 11 is 6.10. The van der Waals surface area contributed by atoms with Crippen molar-refractivity contribution in [1.82, 2.24) is 10.3 Å². The highest BCUT2D eigenvalue weighted by molar-refractivity contribution is 6.30. The number of rotatable bonds is 6. The van der Waals surface area contributed by atoms with Crippen molar-refractivity contribution in [3.05, 3.63) is 130 Å². The minimum absolute atomic E-state index is 0.145. The summed E-state index contributed by atoms with van der Waals surface area (Å²) in [6, 6.07) is 22.6. The molecule has 2 amide bonds. The summed E-state index contributed by atoms with van der Waals surface area (Å²) in [6.07, 6.45) is -3.01. The van der Waals surface area contributed by atoms with Crippen LogP contribution in [0, 0.1) is 13.8 Å². The zero-order valence-corrected chi connectivity index (χ0v) is 21.0. The highest BCUT2D eigenvalue weighted by Crippen LogP contribution is 2.39. The van der Waals surface area contributed by atoms with Gasteiger partial charge in [-0.05, 0) is 72.5 Å². The van der Waals surface area contributed by atoms with Crippen LogP contribution in [0.1, 0.15) is 33.5 Å². The molecule has 4 aromatic rings. The maximum atomic E-state index is 13.8. The fraction of sp³-hybridized carbons (Fsp3) is 0.172. The molecule has 0 fully saturated rings. The molecule has 4 nitrogen and oxygen atoms in total. The summed E-state index contributed by atoms with van der Waals surface area (Å²) < 4.78 is 41.5. The molecule has 8 heteroatoms. The third-order valence-corrected chi connectivity index (χ3v) is 6.33. The molecule has 0 aliphatic heterocycles. The number of carbonyl (C=O) groups excluding carboxylic acids is 1. The van der Waals surface area contributed by atoms with E-state index < -0.39 is 23.3 Å². The quantitative estimate of drug-likeness (QED) is 0.272. The molecule has 0 bridgehead atoms. The summed E-state index contributed by atoms with van der Waals surface area (Å²) in [5.41, 5.74) is 1.22. The molecular weight excluding hydrogens is 499 g/mol. The number of pyridine rings is 1. The van der Waals surface area contributed by atoms with E-state index in [2.05, 4.69) is 15.6 Å². The minimum atomic E-state index is -4.57. The van der Waals surface area contributed by atoms with Crippen LogP contribution in [0.3, 0.4) is 0 Å². The van der Waals surface area contributed by atoms with Gasteiger partial charge in [0.2, 0.25) is 0 Å². The van der Waals surface area contributed by atoms with E-state index in [1.54, 1.807) is 37.3 Å². The highest BCUT2D eigenvalue weighted by Gasteiger charge is 2.41. The van der Waals surface area contributed by atoms with E-state index in [9.17, 15) is 18.0 Å². The number of anilines is 1. The first kappa shape index (κ1) is 26.2. The Morgan fingerprint density at radius 1 is 0.919 bits per heavy atom. The molecule has 0 saturated carbocycles. The number of nitrogens with zero attached hydrogens (tertiary/aromatic N) is 1. The van der Waals surface area contributed by atoms with Gasteiger partial charge < -0.3 is 10.6 Å². The number of halogens is 4. The standard InChI is InChI=1S/C29H25ClF3N3O/c1-19-7-6-10-24(15-19)35-27(37)36-28(17-21-8-4-3-5-9-21,26-14-13-23(30)18-34-26)25-16-22(29(31,32)33)12-11-20(25)2/h3-16,18H,17H2,1-2H3,(H2,35,36,37)/t28-/m1/s1. The van der Waals surface area contributed by atoms with Gasteiger partial charge in [0.25, 0.3) is 0 Å². The SMILES string of the molecule is Cc1cccc(NC(=O)N[C@@](Cc2ccccc2)(c2ccc(Cl)cn2)c2cc(C(F)(F)F)ccc2C)c1. The molecule has 0 unspecified atom stereocenters. The average molecular weight is 524 g/mol. The van der Waals surface area contributed by atoms with Gasteiger partial charge in [0.1, 0.15) is 5.54 Å². The number of aryl methyl sites for hydroxylation is 2. The molecule has 0 saturated heterocycles. The van der Waals surface area contributed by atoms with Gasteiger partial charge in [-0.15, -0.1) is 0 Å². The molecule has 1 atom stereocenters. The van der Waals surface area contributed by atoms with Gasteiger partial charge in [0, 0.05) is 18.3 Å². The molecule has 37 heavy (non-hydrogen) atoms. The van der Waals surface area contributed by atoms with Crippen molar-refractivity contribution in [1.29, 1.82) is 0 Å². The Morgan fingerprint density at radius 3 is 2.32 bits per heavy atom. The van der Waals surface area contributed by atoms with Gasteiger partial charge in [-0.3, -0.25) is 4.98 Å². The van der Waals surface area contributed by atoms with Crippen LogP contribution in [0.15, 0.2) is 91.1 Å². The summed E-state index contributed by atoms with van der Waals surface area (Å²) in [5, 5.41) is 6.17. The third kappa shape index (κ3) is 6.12. The van der Waals surface area contributed by atoms with E-state index in [1.165, 1.54) is 12.3 Å². The van der Waals surface area contributed by atoms with Crippen molar-refractivity contribution in [2.45, 2.75) is 32.0 Å². The second kappa shape index (κ2) is 10.6. The first-order valence-electron chi connectivity index (χ1n) is 11.6. The number of nitrogens with one attached hydrogen (secondary N) is 2. The van der Waals surface area contributed by atoms with E-state index in [4.69, 9.17) is 11.6 Å². The van der Waals surface area contributed by atoms with Crippen LogP contribution in [0.5, 0.6) is 0 Å². The molecule has 0 aliphatic rings.